The maximum absolute atomic E-state index is 12.3. The van der Waals surface area contributed by atoms with Crippen molar-refractivity contribution in [2.24, 2.45) is 0 Å². The van der Waals surface area contributed by atoms with Crippen LogP contribution in [0.15, 0.2) is 79.1 Å². The van der Waals surface area contributed by atoms with Crippen molar-refractivity contribution in [3.63, 3.8) is 0 Å². The van der Waals surface area contributed by atoms with Gasteiger partial charge < -0.3 is 20.1 Å². The number of H-pyrrole nitrogens is 1. The molecule has 40 heavy (non-hydrogen) atoms. The highest BCUT2D eigenvalue weighted by Gasteiger charge is 2.17. The van der Waals surface area contributed by atoms with Gasteiger partial charge >= 0.3 is 0 Å². The normalized spacial score (nSPS) is 13.3. The number of nitrogens with zero attached hydrogens (tertiary/aromatic N) is 3. The van der Waals surface area contributed by atoms with Crippen LogP contribution >= 0.6 is 0 Å². The van der Waals surface area contributed by atoms with Crippen molar-refractivity contribution < 1.29 is 14.3 Å². The van der Waals surface area contributed by atoms with E-state index in [1.54, 1.807) is 13.3 Å². The summed E-state index contributed by atoms with van der Waals surface area (Å²) in [5, 5.41) is 14.2. The molecule has 0 radical (unpaired) electrons. The molecule has 0 saturated heterocycles. The lowest BCUT2D eigenvalue weighted by Crippen LogP contribution is -2.36. The monoisotopic (exact) mass is 534 g/mol. The van der Waals surface area contributed by atoms with Gasteiger partial charge in [-0.2, -0.15) is 5.10 Å². The predicted octanol–water partition coefficient (Wildman–Crippen LogP) is 5.88. The smallest absolute Gasteiger partial charge is 0.258 e. The molecule has 3 N–H and O–H groups in total. The Bertz CT molecular complexity index is 1610. The number of hydrogen-bond donors (Lipinski definition) is 3. The van der Waals surface area contributed by atoms with Crippen LogP contribution < -0.4 is 20.1 Å². The maximum Gasteiger partial charge on any atom is 0.258 e. The summed E-state index contributed by atoms with van der Waals surface area (Å²) in [6, 6.07) is 21.5. The Balaban J connectivity index is 1.26. The summed E-state index contributed by atoms with van der Waals surface area (Å²) in [6.07, 6.45) is 8.06. The predicted molar refractivity (Wildman–Crippen MR) is 155 cm³/mol. The standard InChI is InChI=1S/C31H30N6O3/c1-39-25-13-14-28-27(16-25)31(35-24-11-9-20(10-12-24)22-17-32-33-18-22)37-30(36-28)21-5-4-8-26(15-21)40-19-29(38)34-23-6-2-3-7-23/h4-5,8-18,23H,2-3,6-7,19H2,1H3,(H,32,33)(H,34,38)(H,35,36,37). The molecule has 2 aromatic heterocycles. The summed E-state index contributed by atoms with van der Waals surface area (Å²) in [7, 11) is 1.64. The van der Waals surface area contributed by atoms with Gasteiger partial charge in [0.25, 0.3) is 5.91 Å². The van der Waals surface area contributed by atoms with Crippen LogP contribution in [0, 0.1) is 0 Å². The summed E-state index contributed by atoms with van der Waals surface area (Å²) in [5.41, 5.74) is 4.51. The number of ether oxygens (including phenoxy) is 2. The van der Waals surface area contributed by atoms with E-state index in [4.69, 9.17) is 19.4 Å². The number of fused-ring (bicyclic) bond motifs is 1. The lowest BCUT2D eigenvalue weighted by atomic mass is 10.1. The topological polar surface area (TPSA) is 114 Å². The average molecular weight is 535 g/mol. The number of carbonyl (C=O) groups is 1. The minimum Gasteiger partial charge on any atom is -0.497 e. The van der Waals surface area contributed by atoms with Crippen LogP contribution in [0.5, 0.6) is 11.5 Å². The number of hydrogen-bond acceptors (Lipinski definition) is 7. The Hall–Kier alpha value is -4.92. The highest BCUT2D eigenvalue weighted by atomic mass is 16.5. The lowest BCUT2D eigenvalue weighted by Gasteiger charge is -2.14. The van der Waals surface area contributed by atoms with E-state index >= 15 is 0 Å². The first-order valence-electron chi connectivity index (χ1n) is 13.4. The number of carbonyl (C=O) groups excluding carboxylic acids is 1. The fraction of sp³-hybridized carbons (Fsp3) is 0.226. The molecule has 1 aliphatic carbocycles. The van der Waals surface area contributed by atoms with Gasteiger partial charge in [0.05, 0.1) is 18.8 Å². The van der Waals surface area contributed by atoms with E-state index in [0.29, 0.717) is 23.1 Å². The summed E-state index contributed by atoms with van der Waals surface area (Å²) >= 11 is 0. The van der Waals surface area contributed by atoms with Gasteiger partial charge in [0, 0.05) is 34.4 Å². The Morgan fingerprint density at radius 3 is 2.58 bits per heavy atom. The summed E-state index contributed by atoms with van der Waals surface area (Å²) in [6.45, 7) is -0.0278. The molecule has 0 aliphatic heterocycles. The third kappa shape index (κ3) is 5.73. The van der Waals surface area contributed by atoms with Crippen molar-refractivity contribution in [1.82, 2.24) is 25.5 Å². The van der Waals surface area contributed by atoms with Crippen LogP contribution in [0.3, 0.4) is 0 Å². The third-order valence-electron chi connectivity index (χ3n) is 7.06. The SMILES string of the molecule is COc1ccc2nc(-c3cccc(OCC(=O)NC4CCCC4)c3)nc(Nc3ccc(-c4cn[nH]c4)cc3)c2c1. The highest BCUT2D eigenvalue weighted by Crippen LogP contribution is 2.32. The third-order valence-corrected chi connectivity index (χ3v) is 7.06. The van der Waals surface area contributed by atoms with E-state index < -0.39 is 0 Å². The zero-order valence-corrected chi connectivity index (χ0v) is 22.2. The fourth-order valence-corrected chi connectivity index (χ4v) is 4.96. The summed E-state index contributed by atoms with van der Waals surface area (Å²) < 4.78 is 11.3. The molecule has 1 amide bonds. The molecule has 202 valence electrons. The van der Waals surface area contributed by atoms with Crippen LogP contribution in [0.1, 0.15) is 25.7 Å². The number of amides is 1. The molecule has 0 unspecified atom stereocenters. The number of nitrogens with one attached hydrogen (secondary N) is 3. The second-order valence-electron chi connectivity index (χ2n) is 9.83. The molecule has 9 heteroatoms. The highest BCUT2D eigenvalue weighted by molar-refractivity contribution is 5.93. The van der Waals surface area contributed by atoms with Crippen LogP contribution in [0.2, 0.25) is 0 Å². The van der Waals surface area contributed by atoms with Crippen LogP contribution in [-0.4, -0.2) is 45.8 Å². The number of anilines is 2. The Labute approximate surface area is 232 Å². The molecule has 1 fully saturated rings. The molecule has 0 bridgehead atoms. The van der Waals surface area contributed by atoms with Crippen LogP contribution in [0.4, 0.5) is 11.5 Å². The molecule has 6 rings (SSSR count). The van der Waals surface area contributed by atoms with Crippen molar-refractivity contribution in [3.05, 3.63) is 79.1 Å². The number of rotatable bonds is 9. The van der Waals surface area contributed by atoms with Crippen molar-refractivity contribution in [2.75, 3.05) is 19.0 Å². The first-order chi connectivity index (χ1) is 19.6. The zero-order valence-electron chi connectivity index (χ0n) is 22.2. The van der Waals surface area contributed by atoms with Crippen LogP contribution in [-0.2, 0) is 4.79 Å². The first-order valence-corrected chi connectivity index (χ1v) is 13.4. The van der Waals surface area contributed by atoms with Crippen LogP contribution in [0.25, 0.3) is 33.4 Å². The first kappa shape index (κ1) is 25.4. The molecular formula is C31H30N6O3. The maximum atomic E-state index is 12.3. The van der Waals surface area contributed by atoms with Crippen molar-refractivity contribution in [1.29, 1.82) is 0 Å². The Morgan fingerprint density at radius 2 is 1.80 bits per heavy atom. The van der Waals surface area contributed by atoms with Gasteiger partial charge in [-0.3, -0.25) is 9.89 Å². The number of benzene rings is 3. The zero-order chi connectivity index (χ0) is 27.3. The summed E-state index contributed by atoms with van der Waals surface area (Å²) in [4.78, 5) is 22.1. The average Bonchev–Trinajstić information content (AvgIpc) is 3.72. The second kappa shape index (κ2) is 11.4. The largest absolute Gasteiger partial charge is 0.497 e. The lowest BCUT2D eigenvalue weighted by molar-refractivity contribution is -0.123. The Morgan fingerprint density at radius 1 is 0.950 bits per heavy atom. The number of aromatic nitrogens is 4. The van der Waals surface area contributed by atoms with Gasteiger partial charge in [-0.1, -0.05) is 37.1 Å². The van der Waals surface area contributed by atoms with Gasteiger partial charge in [-0.05, 0) is 60.9 Å². The molecule has 0 spiro atoms. The molecule has 5 aromatic rings. The number of methoxy groups -OCH3 is 1. The van der Waals surface area contributed by atoms with Gasteiger partial charge in [-0.25, -0.2) is 9.97 Å². The van der Waals surface area contributed by atoms with Gasteiger partial charge in [0.2, 0.25) is 0 Å². The van der Waals surface area contributed by atoms with Crippen molar-refractivity contribution >= 4 is 28.3 Å². The van der Waals surface area contributed by atoms with E-state index in [2.05, 4.69) is 20.8 Å². The van der Waals surface area contributed by atoms with Crippen molar-refractivity contribution in [2.45, 2.75) is 31.7 Å². The van der Waals surface area contributed by atoms with E-state index in [-0.39, 0.29) is 18.6 Å². The van der Waals surface area contributed by atoms with Gasteiger partial charge in [0.15, 0.2) is 12.4 Å². The van der Waals surface area contributed by atoms with Gasteiger partial charge in [-0.15, -0.1) is 0 Å². The molecule has 1 aliphatic rings. The minimum absolute atomic E-state index is 0.0278. The summed E-state index contributed by atoms with van der Waals surface area (Å²) in [5.74, 6) is 2.39. The van der Waals surface area contributed by atoms with Gasteiger partial charge in [0.1, 0.15) is 17.3 Å². The Kier molecular flexibility index (Phi) is 7.26. The van der Waals surface area contributed by atoms with E-state index in [0.717, 1.165) is 46.1 Å². The molecule has 0 atom stereocenters. The van der Waals surface area contributed by atoms with E-state index in [9.17, 15) is 4.79 Å². The molecule has 9 nitrogen and oxygen atoms in total. The molecular weight excluding hydrogens is 504 g/mol. The molecule has 1 saturated carbocycles. The second-order valence-corrected chi connectivity index (χ2v) is 9.83. The fourth-order valence-electron chi connectivity index (χ4n) is 4.96. The van der Waals surface area contributed by atoms with Crippen molar-refractivity contribution in [3.8, 4) is 34.0 Å². The molecule has 3 aromatic carbocycles. The molecule has 2 heterocycles. The number of aromatic amines is 1. The quantitative estimate of drug-likeness (QED) is 0.216. The minimum atomic E-state index is -0.0986. The van der Waals surface area contributed by atoms with E-state index in [1.165, 1.54) is 12.8 Å². The van der Waals surface area contributed by atoms with E-state index in [1.807, 2.05) is 72.9 Å².